The molecule has 30 heavy (non-hydrogen) atoms. The van der Waals surface area contributed by atoms with Crippen molar-refractivity contribution in [2.75, 3.05) is 4.90 Å². The summed E-state index contributed by atoms with van der Waals surface area (Å²) >= 11 is 0.378. The number of hydrogen-bond acceptors (Lipinski definition) is 1. The summed E-state index contributed by atoms with van der Waals surface area (Å²) in [4.78, 5) is 2.50. The molecule has 0 unspecified atom stereocenters. The van der Waals surface area contributed by atoms with E-state index in [0.717, 1.165) is 0 Å². The molecule has 148 valence electrons. The zero-order chi connectivity index (χ0) is 20.7. The molecule has 1 aromatic heterocycles. The third-order valence-electron chi connectivity index (χ3n) is 5.52. The monoisotopic (exact) mass is 455 g/mol. The molecule has 0 saturated carbocycles. The summed E-state index contributed by atoms with van der Waals surface area (Å²) < 4.78 is 2.97. The summed E-state index contributed by atoms with van der Waals surface area (Å²) in [7, 11) is 0. The molecule has 0 bridgehead atoms. The van der Waals surface area contributed by atoms with Crippen LogP contribution < -0.4 is 4.90 Å². The number of nitrogens with zero attached hydrogens (tertiary/aromatic N) is 1. The summed E-state index contributed by atoms with van der Waals surface area (Å²) in [5.74, 6) is 0. The zero-order valence-corrected chi connectivity index (χ0v) is 19.3. The van der Waals surface area contributed by atoms with Gasteiger partial charge in [0, 0.05) is 0 Å². The van der Waals surface area contributed by atoms with Gasteiger partial charge in [-0.05, 0) is 0 Å². The Balaban J connectivity index is 1.68. The van der Waals surface area contributed by atoms with E-state index in [9.17, 15) is 0 Å². The van der Waals surface area contributed by atoms with Crippen molar-refractivity contribution in [3.05, 3.63) is 97.1 Å². The summed E-state index contributed by atoms with van der Waals surface area (Å²) in [5.41, 5.74) is 4.99. The molecular formula is C28H25NSe. The molecule has 0 amide bonds. The van der Waals surface area contributed by atoms with Crippen LogP contribution in [0.5, 0.6) is 0 Å². The van der Waals surface area contributed by atoms with E-state index < -0.39 is 0 Å². The molecule has 0 aliphatic heterocycles. The number of rotatable bonds is 3. The van der Waals surface area contributed by atoms with Gasteiger partial charge in [0.2, 0.25) is 0 Å². The molecule has 0 N–H and O–H groups in total. The van der Waals surface area contributed by atoms with E-state index in [1.807, 2.05) is 0 Å². The first-order chi connectivity index (χ1) is 14.5. The molecular weight excluding hydrogens is 429 g/mol. The maximum atomic E-state index is 2.50. The summed E-state index contributed by atoms with van der Waals surface area (Å²) in [6.07, 6.45) is 0. The van der Waals surface area contributed by atoms with E-state index >= 15 is 0 Å². The van der Waals surface area contributed by atoms with E-state index in [2.05, 4.69) is 123 Å². The Morgan fingerprint density at radius 1 is 0.600 bits per heavy atom. The second-order valence-electron chi connectivity index (χ2n) is 8.67. The Hall–Kier alpha value is -2.80. The topological polar surface area (TPSA) is 3.24 Å². The maximum absolute atomic E-state index is 2.50. The number of anilines is 2. The third kappa shape index (κ3) is 3.37. The van der Waals surface area contributed by atoms with Crippen LogP contribution in [-0.4, -0.2) is 20.0 Å². The van der Waals surface area contributed by atoms with Crippen molar-refractivity contribution in [1.29, 1.82) is 0 Å². The van der Waals surface area contributed by atoms with E-state index in [0.29, 0.717) is 14.5 Å². The van der Waals surface area contributed by atoms with Gasteiger partial charge in [-0.25, -0.2) is 0 Å². The van der Waals surface area contributed by atoms with E-state index in [-0.39, 0.29) is 5.54 Å². The summed E-state index contributed by atoms with van der Waals surface area (Å²) in [6, 6.07) is 35.3. The molecule has 1 heterocycles. The van der Waals surface area contributed by atoms with E-state index in [1.54, 1.807) is 0 Å². The molecule has 2 heteroatoms. The van der Waals surface area contributed by atoms with Gasteiger partial charge in [0.15, 0.2) is 0 Å². The Kier molecular flexibility index (Phi) is 4.77. The number of fused-ring (bicyclic) bond motifs is 3. The average Bonchev–Trinajstić information content (AvgIpc) is 3.13. The quantitative estimate of drug-likeness (QED) is 0.253. The van der Waals surface area contributed by atoms with Gasteiger partial charge in [0.05, 0.1) is 0 Å². The fraction of sp³-hybridized carbons (Fsp3) is 0.143. The molecule has 0 aliphatic rings. The number of hydrogen-bond donors (Lipinski definition) is 0. The Morgan fingerprint density at radius 2 is 1.23 bits per heavy atom. The molecule has 5 aromatic rings. The van der Waals surface area contributed by atoms with Gasteiger partial charge in [0.1, 0.15) is 0 Å². The minimum atomic E-state index is -0.0477. The van der Waals surface area contributed by atoms with Gasteiger partial charge in [-0.1, -0.05) is 0 Å². The van der Waals surface area contributed by atoms with Crippen molar-refractivity contribution in [2.45, 2.75) is 26.3 Å². The second-order valence-corrected chi connectivity index (χ2v) is 10.9. The normalized spacial score (nSPS) is 11.8. The van der Waals surface area contributed by atoms with E-state index in [4.69, 9.17) is 0 Å². The van der Waals surface area contributed by atoms with Crippen molar-refractivity contribution in [3.63, 3.8) is 0 Å². The van der Waals surface area contributed by atoms with Crippen molar-refractivity contribution in [3.8, 4) is 11.1 Å². The standard InChI is InChI=1S/C28H25NSe/c1-28(2,3)29(22-18-16-21(17-19-22)20-10-5-4-6-11-20)24-13-9-15-26-27(24)23-12-7-8-14-25(23)30-26/h4-19H,1-3H3. The predicted molar refractivity (Wildman–Crippen MR) is 132 cm³/mol. The fourth-order valence-corrected chi connectivity index (χ4v) is 6.63. The van der Waals surface area contributed by atoms with Crippen LogP contribution in [0.25, 0.3) is 30.4 Å². The summed E-state index contributed by atoms with van der Waals surface area (Å²) in [5, 5.41) is 2.81. The van der Waals surface area contributed by atoms with Crippen molar-refractivity contribution in [2.24, 2.45) is 0 Å². The molecule has 4 aromatic carbocycles. The molecule has 0 spiro atoms. The first kappa shape index (κ1) is 19.2. The Bertz CT molecular complexity index is 1310. The van der Waals surface area contributed by atoms with Crippen molar-refractivity contribution >= 4 is 45.2 Å². The van der Waals surface area contributed by atoms with Crippen LogP contribution in [0.3, 0.4) is 0 Å². The van der Waals surface area contributed by atoms with Gasteiger partial charge in [0.25, 0.3) is 0 Å². The van der Waals surface area contributed by atoms with Crippen LogP contribution in [0.2, 0.25) is 0 Å². The summed E-state index contributed by atoms with van der Waals surface area (Å²) in [6.45, 7) is 6.89. The SMILES string of the molecule is CC(C)(C)N(c1ccc(-c2ccccc2)cc1)c1cccc2[se]c3ccccc3c12. The average molecular weight is 454 g/mol. The predicted octanol–water partition coefficient (Wildman–Crippen LogP) is 7.65. The molecule has 0 saturated heterocycles. The second kappa shape index (κ2) is 7.47. The Morgan fingerprint density at radius 3 is 1.97 bits per heavy atom. The van der Waals surface area contributed by atoms with Crippen LogP contribution in [-0.2, 0) is 0 Å². The molecule has 0 atom stereocenters. The van der Waals surface area contributed by atoms with Gasteiger partial charge in [-0.3, -0.25) is 0 Å². The van der Waals surface area contributed by atoms with E-state index in [1.165, 1.54) is 41.8 Å². The van der Waals surface area contributed by atoms with Crippen LogP contribution in [0.1, 0.15) is 20.8 Å². The minimum absolute atomic E-state index is 0.0477. The van der Waals surface area contributed by atoms with Gasteiger partial charge >= 0.3 is 185 Å². The van der Waals surface area contributed by atoms with Gasteiger partial charge in [-0.15, -0.1) is 0 Å². The van der Waals surface area contributed by atoms with Crippen molar-refractivity contribution in [1.82, 2.24) is 0 Å². The third-order valence-corrected chi connectivity index (χ3v) is 7.91. The van der Waals surface area contributed by atoms with Crippen LogP contribution in [0.4, 0.5) is 11.4 Å². The van der Waals surface area contributed by atoms with Crippen molar-refractivity contribution < 1.29 is 0 Å². The number of benzene rings is 4. The van der Waals surface area contributed by atoms with Crippen LogP contribution in [0.15, 0.2) is 97.1 Å². The molecule has 0 fully saturated rings. The Labute approximate surface area is 184 Å². The van der Waals surface area contributed by atoms with Gasteiger partial charge in [-0.2, -0.15) is 0 Å². The van der Waals surface area contributed by atoms with Crippen LogP contribution >= 0.6 is 0 Å². The molecule has 5 rings (SSSR count). The first-order valence-corrected chi connectivity index (χ1v) is 12.1. The van der Waals surface area contributed by atoms with Gasteiger partial charge < -0.3 is 0 Å². The first-order valence-electron chi connectivity index (χ1n) is 10.4. The van der Waals surface area contributed by atoms with Crippen LogP contribution in [0, 0.1) is 0 Å². The molecule has 1 nitrogen and oxygen atoms in total. The fourth-order valence-electron chi connectivity index (χ4n) is 4.26. The zero-order valence-electron chi connectivity index (χ0n) is 17.6. The molecule has 0 radical (unpaired) electrons. The molecule has 0 aliphatic carbocycles.